The molecular weight excluding hydrogens is 444 g/mol. The first-order valence-electron chi connectivity index (χ1n) is 13.1. The smallest absolute Gasteiger partial charge is 0.408 e. The van der Waals surface area contributed by atoms with Crippen molar-refractivity contribution in [2.45, 2.75) is 104 Å². The maximum atomic E-state index is 12.5. The first kappa shape index (κ1) is 28.7. The lowest BCUT2D eigenvalue weighted by Crippen LogP contribution is -2.53. The number of hydrogen-bond acceptors (Lipinski definition) is 5. The molecule has 0 spiro atoms. The number of carbonyl (C=O) groups is 3. The molecule has 7 nitrogen and oxygen atoms in total. The van der Waals surface area contributed by atoms with Gasteiger partial charge in [0.2, 0.25) is 5.91 Å². The van der Waals surface area contributed by atoms with Crippen LogP contribution in [0.3, 0.4) is 0 Å². The third-order valence-electron chi connectivity index (χ3n) is 6.42. The predicted molar refractivity (Wildman–Crippen MR) is 137 cm³/mol. The number of alkyl carbamates (subject to hydrolysis) is 1. The van der Waals surface area contributed by atoms with Gasteiger partial charge in [-0.1, -0.05) is 37.5 Å². The molecule has 1 saturated carbocycles. The van der Waals surface area contributed by atoms with Crippen LogP contribution >= 0.6 is 0 Å². The summed E-state index contributed by atoms with van der Waals surface area (Å²) in [6, 6.07) is 5.99. The number of amides is 2. The second-order valence-electron chi connectivity index (χ2n) is 10.5. The lowest BCUT2D eigenvalue weighted by molar-refractivity contribution is -0.143. The molecule has 3 rings (SSSR count). The van der Waals surface area contributed by atoms with Crippen molar-refractivity contribution in [1.29, 1.82) is 0 Å². The minimum atomic E-state index is -0.699. The van der Waals surface area contributed by atoms with Gasteiger partial charge in [-0.25, -0.2) is 4.79 Å². The number of hydrogen-bond donors (Lipinski definition) is 2. The van der Waals surface area contributed by atoms with Crippen molar-refractivity contribution >= 4 is 18.0 Å². The van der Waals surface area contributed by atoms with E-state index in [-0.39, 0.29) is 25.0 Å². The van der Waals surface area contributed by atoms with E-state index in [2.05, 4.69) is 35.8 Å². The zero-order valence-corrected chi connectivity index (χ0v) is 22.2. The average molecular weight is 489 g/mol. The fourth-order valence-corrected chi connectivity index (χ4v) is 4.75. The van der Waals surface area contributed by atoms with Crippen LogP contribution in [0.25, 0.3) is 0 Å². The zero-order chi connectivity index (χ0) is 25.8. The van der Waals surface area contributed by atoms with Gasteiger partial charge in [0.05, 0.1) is 6.61 Å². The normalized spacial score (nSPS) is 16.6. The summed E-state index contributed by atoms with van der Waals surface area (Å²) in [4.78, 5) is 35.9. The van der Waals surface area contributed by atoms with E-state index in [9.17, 15) is 14.4 Å². The third-order valence-corrected chi connectivity index (χ3v) is 6.42. The molecular formula is C28H44N2O5. The number of aryl methyl sites for hydroxylation is 2. The number of ether oxygens (including phenoxy) is 2. The second kappa shape index (κ2) is 14.1. The van der Waals surface area contributed by atoms with Crippen LogP contribution in [0, 0.1) is 12.8 Å². The summed E-state index contributed by atoms with van der Waals surface area (Å²) >= 11 is 0. The van der Waals surface area contributed by atoms with Crippen LogP contribution in [-0.4, -0.2) is 42.8 Å². The van der Waals surface area contributed by atoms with E-state index in [1.54, 1.807) is 38.8 Å². The largest absolute Gasteiger partial charge is 0.465 e. The minimum Gasteiger partial charge on any atom is -0.465 e. The summed E-state index contributed by atoms with van der Waals surface area (Å²) in [5.41, 5.74) is 4.07. The third kappa shape index (κ3) is 10.3. The van der Waals surface area contributed by atoms with Crippen molar-refractivity contribution in [3.05, 3.63) is 34.9 Å². The second-order valence-corrected chi connectivity index (χ2v) is 10.5. The SMILES string of the molecule is CCOC(=O)CNC(=O)C(NC(=O)OC(C)(C)C)C1CCCCC1.Cc1cccc2c1CCCC2. The Morgan fingerprint density at radius 3 is 2.34 bits per heavy atom. The Hall–Kier alpha value is -2.57. The van der Waals surface area contributed by atoms with Crippen molar-refractivity contribution in [1.82, 2.24) is 10.6 Å². The summed E-state index contributed by atoms with van der Waals surface area (Å²) < 4.78 is 10.1. The first-order valence-corrected chi connectivity index (χ1v) is 13.1. The Labute approximate surface area is 210 Å². The monoisotopic (exact) mass is 488 g/mol. The Kier molecular flexibility index (Phi) is 11.5. The van der Waals surface area contributed by atoms with E-state index in [0.29, 0.717) is 0 Å². The van der Waals surface area contributed by atoms with Gasteiger partial charge in [-0.15, -0.1) is 0 Å². The molecule has 0 saturated heterocycles. The standard InChI is InChI=1S/C17H30N2O5.C11H14/c1-5-23-13(20)11-18-15(21)14(12-9-7-6-8-10-12)19-16(22)24-17(2,3)4;1-9-5-4-7-10-6-2-3-8-11(9)10/h12,14H,5-11H2,1-4H3,(H,18,21)(H,19,22);4-5,7H,2-3,6,8H2,1H3. The van der Waals surface area contributed by atoms with Crippen molar-refractivity contribution < 1.29 is 23.9 Å². The number of esters is 1. The molecule has 7 heteroatoms. The molecule has 1 unspecified atom stereocenters. The van der Waals surface area contributed by atoms with Crippen molar-refractivity contribution in [2.24, 2.45) is 5.92 Å². The number of nitrogens with one attached hydrogen (secondary N) is 2. The Balaban J connectivity index is 0.000000322. The number of rotatable bonds is 6. The molecule has 0 heterocycles. The van der Waals surface area contributed by atoms with Gasteiger partial charge in [-0.05, 0) is 95.8 Å². The highest BCUT2D eigenvalue weighted by Crippen LogP contribution is 2.27. The zero-order valence-electron chi connectivity index (χ0n) is 22.2. The first-order chi connectivity index (χ1) is 16.6. The molecule has 2 N–H and O–H groups in total. The highest BCUT2D eigenvalue weighted by molar-refractivity contribution is 5.88. The van der Waals surface area contributed by atoms with Crippen LogP contribution < -0.4 is 10.6 Å². The average Bonchev–Trinajstić information content (AvgIpc) is 2.81. The molecule has 0 bridgehead atoms. The molecule has 1 aromatic carbocycles. The molecule has 0 aromatic heterocycles. The number of fused-ring (bicyclic) bond motifs is 1. The summed E-state index contributed by atoms with van der Waals surface area (Å²) in [5.74, 6) is -0.820. The summed E-state index contributed by atoms with van der Waals surface area (Å²) in [6.45, 7) is 9.29. The van der Waals surface area contributed by atoms with Gasteiger partial charge in [0.1, 0.15) is 18.2 Å². The van der Waals surface area contributed by atoms with Crippen molar-refractivity contribution in [2.75, 3.05) is 13.2 Å². The van der Waals surface area contributed by atoms with Gasteiger partial charge >= 0.3 is 12.1 Å². The number of carbonyl (C=O) groups excluding carboxylic acids is 3. The van der Waals surface area contributed by atoms with Gasteiger partial charge in [-0.3, -0.25) is 9.59 Å². The maximum Gasteiger partial charge on any atom is 0.408 e. The van der Waals surface area contributed by atoms with Crippen LogP contribution in [0.15, 0.2) is 18.2 Å². The molecule has 1 atom stereocenters. The van der Waals surface area contributed by atoms with Crippen LogP contribution in [-0.2, 0) is 31.9 Å². The summed E-state index contributed by atoms with van der Waals surface area (Å²) in [7, 11) is 0. The Morgan fingerprint density at radius 1 is 1.03 bits per heavy atom. The highest BCUT2D eigenvalue weighted by Gasteiger charge is 2.32. The predicted octanol–water partition coefficient (Wildman–Crippen LogP) is 5.01. The fourth-order valence-electron chi connectivity index (χ4n) is 4.75. The van der Waals surface area contributed by atoms with Gasteiger partial charge in [-0.2, -0.15) is 0 Å². The summed E-state index contributed by atoms with van der Waals surface area (Å²) in [6.07, 6.45) is 9.70. The van der Waals surface area contributed by atoms with E-state index >= 15 is 0 Å². The topological polar surface area (TPSA) is 93.7 Å². The number of benzene rings is 1. The van der Waals surface area contributed by atoms with E-state index in [4.69, 9.17) is 9.47 Å². The summed E-state index contributed by atoms with van der Waals surface area (Å²) in [5, 5.41) is 5.22. The van der Waals surface area contributed by atoms with E-state index < -0.39 is 23.7 Å². The van der Waals surface area contributed by atoms with Crippen LogP contribution in [0.1, 0.15) is 89.3 Å². The quantitative estimate of drug-likeness (QED) is 0.549. The van der Waals surface area contributed by atoms with Gasteiger partial charge in [0.25, 0.3) is 0 Å². The molecule has 0 aliphatic heterocycles. The molecule has 0 radical (unpaired) electrons. The maximum absolute atomic E-state index is 12.5. The van der Waals surface area contributed by atoms with Crippen LogP contribution in [0.4, 0.5) is 4.79 Å². The fraction of sp³-hybridized carbons (Fsp3) is 0.679. The van der Waals surface area contributed by atoms with Crippen molar-refractivity contribution in [3.63, 3.8) is 0 Å². The van der Waals surface area contributed by atoms with Gasteiger partial charge < -0.3 is 20.1 Å². The minimum absolute atomic E-state index is 0.0495. The van der Waals surface area contributed by atoms with Crippen LogP contribution in [0.2, 0.25) is 0 Å². The molecule has 35 heavy (non-hydrogen) atoms. The van der Waals surface area contributed by atoms with Gasteiger partial charge in [0, 0.05) is 0 Å². The van der Waals surface area contributed by atoms with Crippen molar-refractivity contribution in [3.8, 4) is 0 Å². The molecule has 1 fully saturated rings. The highest BCUT2D eigenvalue weighted by atomic mass is 16.6. The molecule has 1 aromatic rings. The van der Waals surface area contributed by atoms with E-state index in [1.165, 1.54) is 31.2 Å². The van der Waals surface area contributed by atoms with Crippen LogP contribution in [0.5, 0.6) is 0 Å². The molecule has 196 valence electrons. The Morgan fingerprint density at radius 2 is 1.71 bits per heavy atom. The Bertz CT molecular complexity index is 840. The van der Waals surface area contributed by atoms with E-state index in [1.807, 2.05) is 0 Å². The van der Waals surface area contributed by atoms with Gasteiger partial charge in [0.15, 0.2) is 0 Å². The lowest BCUT2D eigenvalue weighted by Gasteiger charge is -2.30. The molecule has 2 amide bonds. The lowest BCUT2D eigenvalue weighted by atomic mass is 9.83. The molecule has 2 aliphatic rings. The van der Waals surface area contributed by atoms with E-state index in [0.717, 1.165) is 32.1 Å². The molecule has 2 aliphatic carbocycles.